The second kappa shape index (κ2) is 7.07. The number of nitrogens with one attached hydrogen (secondary N) is 1. The van der Waals surface area contributed by atoms with Crippen LogP contribution < -0.4 is 11.1 Å². The van der Waals surface area contributed by atoms with Gasteiger partial charge in [-0.15, -0.1) is 0 Å². The van der Waals surface area contributed by atoms with Crippen molar-refractivity contribution in [3.63, 3.8) is 0 Å². The van der Waals surface area contributed by atoms with Crippen LogP contribution >= 0.6 is 51.3 Å². The second-order valence-electron chi connectivity index (χ2n) is 4.35. The fourth-order valence-electron chi connectivity index (χ4n) is 1.93. The van der Waals surface area contributed by atoms with Crippen LogP contribution in [0.25, 0.3) is 0 Å². The zero-order valence-corrected chi connectivity index (χ0v) is 15.0. The van der Waals surface area contributed by atoms with E-state index in [0.29, 0.717) is 28.6 Å². The van der Waals surface area contributed by atoms with Crippen LogP contribution in [0.4, 0.5) is 5.69 Å². The molecule has 1 rings (SSSR count). The maximum Gasteiger partial charge on any atom is 0.237 e. The van der Waals surface area contributed by atoms with Crippen molar-refractivity contribution in [1.82, 2.24) is 0 Å². The van der Waals surface area contributed by atoms with Crippen LogP contribution in [0.15, 0.2) is 16.6 Å². The van der Waals surface area contributed by atoms with Gasteiger partial charge in [0.1, 0.15) is 0 Å². The van der Waals surface area contributed by atoms with Gasteiger partial charge in [0.25, 0.3) is 0 Å². The van der Waals surface area contributed by atoms with E-state index >= 15 is 0 Å². The molecule has 20 heavy (non-hydrogen) atoms. The molecule has 0 atom stereocenters. The van der Waals surface area contributed by atoms with Gasteiger partial charge in [-0.2, -0.15) is 0 Å². The van der Waals surface area contributed by atoms with E-state index in [9.17, 15) is 4.79 Å². The summed E-state index contributed by atoms with van der Waals surface area (Å²) in [5.41, 5.74) is 5.22. The van der Waals surface area contributed by atoms with Gasteiger partial charge in [-0.3, -0.25) is 4.79 Å². The lowest BCUT2D eigenvalue weighted by molar-refractivity contribution is -0.122. The fraction of sp³-hybridized carbons (Fsp3) is 0.385. The molecule has 1 amide bonds. The van der Waals surface area contributed by atoms with Crippen LogP contribution in [0, 0.1) is 5.41 Å². The highest BCUT2D eigenvalue weighted by Gasteiger charge is 2.38. The third-order valence-corrected chi connectivity index (χ3v) is 4.80. The van der Waals surface area contributed by atoms with Crippen molar-refractivity contribution in [2.24, 2.45) is 11.1 Å². The lowest BCUT2D eigenvalue weighted by Crippen LogP contribution is -2.45. The molecule has 0 aliphatic rings. The number of rotatable bonds is 5. The summed E-state index contributed by atoms with van der Waals surface area (Å²) in [5, 5.41) is 3.44. The van der Waals surface area contributed by atoms with E-state index in [1.807, 2.05) is 13.8 Å². The number of benzene rings is 1. The van der Waals surface area contributed by atoms with Gasteiger partial charge in [0.15, 0.2) is 0 Å². The number of carbonyl (C=O) groups is 1. The number of hydrogen-bond donors (Lipinski definition) is 2. The summed E-state index contributed by atoms with van der Waals surface area (Å²) in [4.78, 5) is 12.7. The van der Waals surface area contributed by atoms with Gasteiger partial charge in [-0.1, -0.05) is 65.2 Å². The van der Waals surface area contributed by atoms with E-state index < -0.39 is 5.41 Å². The third-order valence-electron chi connectivity index (χ3n) is 3.36. The molecule has 0 unspecified atom stereocenters. The van der Waals surface area contributed by atoms with Gasteiger partial charge in [0.2, 0.25) is 5.91 Å². The molecule has 0 spiro atoms. The zero-order valence-electron chi connectivity index (χ0n) is 11.1. The topological polar surface area (TPSA) is 55.1 Å². The van der Waals surface area contributed by atoms with Gasteiger partial charge in [-0.05, 0) is 25.0 Å². The van der Waals surface area contributed by atoms with Crippen molar-refractivity contribution in [3.8, 4) is 0 Å². The Kier molecular flexibility index (Phi) is 6.25. The number of halogens is 3. The molecule has 0 aliphatic carbocycles. The number of amides is 1. The Hall–Kier alpha value is -0.360. The van der Waals surface area contributed by atoms with Crippen molar-refractivity contribution in [2.45, 2.75) is 26.7 Å². The number of carbonyl (C=O) groups excluding carboxylic acids is 1. The van der Waals surface area contributed by atoms with E-state index in [4.69, 9.17) is 41.2 Å². The van der Waals surface area contributed by atoms with Gasteiger partial charge in [0.05, 0.1) is 26.1 Å². The number of nitrogens with two attached hydrogens (primary N) is 1. The standard InChI is InChI=1S/C13H15BrCl2N2OS/c1-3-13(4-2,11(17)20)12(19)18-10-8(15)5-7(14)6-9(10)16/h5-6H,3-4H2,1-2H3,(H2,17,20)(H,18,19). The molecule has 0 aromatic heterocycles. The third kappa shape index (κ3) is 3.45. The van der Waals surface area contributed by atoms with Gasteiger partial charge >= 0.3 is 0 Å². The van der Waals surface area contributed by atoms with E-state index in [1.165, 1.54) is 0 Å². The van der Waals surface area contributed by atoms with E-state index in [1.54, 1.807) is 12.1 Å². The molecule has 0 bridgehead atoms. The van der Waals surface area contributed by atoms with Crippen LogP contribution in [0.2, 0.25) is 10.0 Å². The maximum absolute atomic E-state index is 12.5. The lowest BCUT2D eigenvalue weighted by atomic mass is 9.81. The monoisotopic (exact) mass is 396 g/mol. The molecule has 1 aromatic rings. The zero-order chi connectivity index (χ0) is 15.5. The summed E-state index contributed by atoms with van der Waals surface area (Å²) in [6.45, 7) is 3.74. The minimum atomic E-state index is -0.894. The summed E-state index contributed by atoms with van der Waals surface area (Å²) in [7, 11) is 0. The Balaban J connectivity index is 3.16. The van der Waals surface area contributed by atoms with Crippen LogP contribution in [0.1, 0.15) is 26.7 Å². The molecular formula is C13H15BrCl2N2OS. The van der Waals surface area contributed by atoms with E-state index in [-0.39, 0.29) is 10.9 Å². The molecule has 3 nitrogen and oxygen atoms in total. The summed E-state index contributed by atoms with van der Waals surface area (Å²) in [6.07, 6.45) is 1.02. The minimum absolute atomic E-state index is 0.171. The van der Waals surface area contributed by atoms with Gasteiger partial charge in [0, 0.05) is 4.47 Å². The molecule has 3 N–H and O–H groups in total. The van der Waals surface area contributed by atoms with Crippen LogP contribution in [-0.4, -0.2) is 10.9 Å². The molecule has 0 saturated carbocycles. The number of hydrogen-bond acceptors (Lipinski definition) is 2. The lowest BCUT2D eigenvalue weighted by Gasteiger charge is -2.29. The smallest absolute Gasteiger partial charge is 0.237 e. The maximum atomic E-state index is 12.5. The number of anilines is 1. The largest absolute Gasteiger partial charge is 0.392 e. The molecular weight excluding hydrogens is 383 g/mol. The Labute approximate surface area is 142 Å². The normalized spacial score (nSPS) is 11.2. The molecule has 0 fully saturated rings. The van der Waals surface area contributed by atoms with Crippen molar-refractivity contribution in [1.29, 1.82) is 0 Å². The first-order valence-electron chi connectivity index (χ1n) is 6.04. The van der Waals surface area contributed by atoms with Crippen molar-refractivity contribution in [2.75, 3.05) is 5.32 Å². The molecule has 110 valence electrons. The summed E-state index contributed by atoms with van der Waals surface area (Å²) in [5.74, 6) is -0.291. The summed E-state index contributed by atoms with van der Waals surface area (Å²) < 4.78 is 0.733. The Morgan fingerprint density at radius 3 is 2.15 bits per heavy atom. The molecule has 0 aliphatic heterocycles. The predicted molar refractivity (Wildman–Crippen MR) is 92.6 cm³/mol. The summed E-state index contributed by atoms with van der Waals surface area (Å²) >= 11 is 20.5. The van der Waals surface area contributed by atoms with Gasteiger partial charge in [-0.25, -0.2) is 0 Å². The summed E-state index contributed by atoms with van der Waals surface area (Å²) in [6, 6.07) is 3.31. The van der Waals surface area contributed by atoms with Crippen LogP contribution in [0.5, 0.6) is 0 Å². The SMILES string of the molecule is CCC(CC)(C(=O)Nc1c(Cl)cc(Br)cc1Cl)C(N)=S. The number of thiocarbonyl (C=S) groups is 1. The van der Waals surface area contributed by atoms with E-state index in [2.05, 4.69) is 21.2 Å². The highest BCUT2D eigenvalue weighted by molar-refractivity contribution is 9.10. The Morgan fingerprint density at radius 1 is 1.35 bits per heavy atom. The first kappa shape index (κ1) is 17.7. The van der Waals surface area contributed by atoms with Crippen molar-refractivity contribution >= 4 is 67.9 Å². The van der Waals surface area contributed by atoms with E-state index in [0.717, 1.165) is 4.47 Å². The fourth-order valence-corrected chi connectivity index (χ4v) is 3.61. The first-order chi connectivity index (χ1) is 9.28. The quantitative estimate of drug-likeness (QED) is 0.702. The van der Waals surface area contributed by atoms with Crippen LogP contribution in [0.3, 0.4) is 0 Å². The molecule has 0 saturated heterocycles. The predicted octanol–water partition coefficient (Wildman–Crippen LogP) is 4.79. The average Bonchev–Trinajstić information content (AvgIpc) is 2.35. The average molecular weight is 398 g/mol. The highest BCUT2D eigenvalue weighted by Crippen LogP contribution is 2.36. The molecule has 7 heteroatoms. The first-order valence-corrected chi connectivity index (χ1v) is 8.00. The molecule has 0 radical (unpaired) electrons. The van der Waals surface area contributed by atoms with Crippen molar-refractivity contribution < 1.29 is 4.79 Å². The van der Waals surface area contributed by atoms with Gasteiger partial charge < -0.3 is 11.1 Å². The molecule has 1 aromatic carbocycles. The Bertz CT molecular complexity index is 524. The van der Waals surface area contributed by atoms with Crippen LogP contribution in [-0.2, 0) is 4.79 Å². The Morgan fingerprint density at radius 2 is 1.80 bits per heavy atom. The second-order valence-corrected chi connectivity index (χ2v) is 6.52. The highest BCUT2D eigenvalue weighted by atomic mass is 79.9. The molecule has 0 heterocycles. The van der Waals surface area contributed by atoms with Crippen molar-refractivity contribution in [3.05, 3.63) is 26.7 Å². The minimum Gasteiger partial charge on any atom is -0.392 e.